The number of hydrogen-bond donors (Lipinski definition) is 1. The molecule has 0 fully saturated rings. The summed E-state index contributed by atoms with van der Waals surface area (Å²) in [4.78, 5) is 2.21. The van der Waals surface area contributed by atoms with Gasteiger partial charge in [-0.25, -0.2) is 0 Å². The quantitative estimate of drug-likeness (QED) is 0.561. The molecule has 0 aromatic rings. The third-order valence-corrected chi connectivity index (χ3v) is 2.26. The van der Waals surface area contributed by atoms with Gasteiger partial charge in [0.2, 0.25) is 0 Å². The van der Waals surface area contributed by atoms with Crippen molar-refractivity contribution in [3.63, 3.8) is 0 Å². The first kappa shape index (κ1) is 18.7. The number of rotatable bonds is 7. The molecule has 0 saturated carbocycles. The summed E-state index contributed by atoms with van der Waals surface area (Å²) >= 11 is 0. The fourth-order valence-electron chi connectivity index (χ4n) is 1.23. The van der Waals surface area contributed by atoms with E-state index < -0.39 is 10.4 Å². The fourth-order valence-corrected chi connectivity index (χ4v) is 1.23. The minimum atomic E-state index is -4.16. The highest BCUT2D eigenvalue weighted by Crippen LogP contribution is 2.10. The molecule has 1 N–H and O–H groups in total. The van der Waals surface area contributed by atoms with Gasteiger partial charge >= 0.3 is 10.4 Å². The molecule has 0 aliphatic rings. The minimum absolute atomic E-state index is 0.694. The van der Waals surface area contributed by atoms with Crippen LogP contribution < -0.4 is 0 Å². The number of nitrogens with zero attached hydrogens (tertiary/aromatic N) is 1. The maximum Gasteiger partial charge on any atom is 0.397 e. The molecule has 0 unspecified atom stereocenters. The Morgan fingerprint density at radius 3 is 1.82 bits per heavy atom. The van der Waals surface area contributed by atoms with Crippen molar-refractivity contribution in [3.05, 3.63) is 25.3 Å². The topological polar surface area (TPSA) is 66.8 Å². The summed E-state index contributed by atoms with van der Waals surface area (Å²) in [7, 11) is 0.901. The highest BCUT2D eigenvalue weighted by Gasteiger charge is 2.04. The molecule has 0 saturated heterocycles. The second kappa shape index (κ2) is 10.5. The van der Waals surface area contributed by atoms with Gasteiger partial charge in [-0.3, -0.25) is 8.74 Å². The van der Waals surface area contributed by atoms with Crippen molar-refractivity contribution < 1.29 is 17.2 Å². The van der Waals surface area contributed by atoms with Crippen LogP contribution in [-0.2, 0) is 14.6 Å². The molecule has 6 heteroatoms. The fraction of sp³-hybridized carbons (Fsp3) is 0.636. The van der Waals surface area contributed by atoms with E-state index in [2.05, 4.69) is 36.3 Å². The van der Waals surface area contributed by atoms with E-state index in [-0.39, 0.29) is 0 Å². The largest absolute Gasteiger partial charge is 0.397 e. The maximum atomic E-state index is 9.33. The lowest BCUT2D eigenvalue weighted by atomic mass is 10.0. The Morgan fingerprint density at radius 2 is 1.65 bits per heavy atom. The monoisotopic (exact) mass is 265 g/mol. The van der Waals surface area contributed by atoms with Crippen molar-refractivity contribution in [2.24, 2.45) is 5.92 Å². The summed E-state index contributed by atoms with van der Waals surface area (Å²) in [6, 6.07) is 0. The lowest BCUT2D eigenvalue weighted by Gasteiger charge is -2.17. The summed E-state index contributed by atoms with van der Waals surface area (Å²) < 4.78 is 29.7. The van der Waals surface area contributed by atoms with Gasteiger partial charge in [0.05, 0.1) is 7.11 Å². The normalized spacial score (nSPS) is 10.9. The predicted octanol–water partition coefficient (Wildman–Crippen LogP) is 1.75. The van der Waals surface area contributed by atoms with Crippen LogP contribution in [0, 0.1) is 5.92 Å². The maximum absolute atomic E-state index is 9.33. The first-order valence-electron chi connectivity index (χ1n) is 5.16. The van der Waals surface area contributed by atoms with Gasteiger partial charge in [0.25, 0.3) is 0 Å². The van der Waals surface area contributed by atoms with E-state index in [1.165, 1.54) is 0 Å². The standard InChI is InChI=1S/C10H19N.CH4O4S/c1-5-7-10(8-6-2)9-11(3)4;1-5-6(2,3)4/h5-6,10H,1-2,7-9H2,3-4H3;1H3,(H,2,3,4). The van der Waals surface area contributed by atoms with Crippen molar-refractivity contribution in [1.82, 2.24) is 4.90 Å². The molecule has 0 aromatic carbocycles. The average Bonchev–Trinajstić information content (AvgIpc) is 2.17. The summed E-state index contributed by atoms with van der Waals surface area (Å²) in [6.45, 7) is 8.60. The van der Waals surface area contributed by atoms with E-state index in [1.807, 2.05) is 12.2 Å². The van der Waals surface area contributed by atoms with Crippen LogP contribution in [0.15, 0.2) is 25.3 Å². The highest BCUT2D eigenvalue weighted by atomic mass is 32.3. The Morgan fingerprint density at radius 1 is 1.29 bits per heavy atom. The van der Waals surface area contributed by atoms with Crippen LogP contribution in [0.25, 0.3) is 0 Å². The molecule has 0 atom stereocenters. The zero-order valence-electron chi connectivity index (χ0n) is 10.8. The van der Waals surface area contributed by atoms with Crippen molar-refractivity contribution in [1.29, 1.82) is 0 Å². The third kappa shape index (κ3) is 17.9. The molecule has 0 bridgehead atoms. The molecule has 0 heterocycles. The van der Waals surface area contributed by atoms with Gasteiger partial charge in [0, 0.05) is 6.54 Å². The minimum Gasteiger partial charge on any atom is -0.309 e. The molecule has 0 aromatic heterocycles. The van der Waals surface area contributed by atoms with Crippen molar-refractivity contribution in [2.45, 2.75) is 12.8 Å². The molecule has 0 amide bonds. The molecule has 0 spiro atoms. The molecule has 0 rings (SSSR count). The van der Waals surface area contributed by atoms with Crippen LogP contribution in [0.3, 0.4) is 0 Å². The van der Waals surface area contributed by atoms with Gasteiger partial charge in [0.1, 0.15) is 0 Å². The van der Waals surface area contributed by atoms with Gasteiger partial charge in [-0.1, -0.05) is 12.2 Å². The van der Waals surface area contributed by atoms with E-state index in [9.17, 15) is 8.42 Å². The van der Waals surface area contributed by atoms with E-state index >= 15 is 0 Å². The van der Waals surface area contributed by atoms with Gasteiger partial charge < -0.3 is 4.90 Å². The highest BCUT2D eigenvalue weighted by molar-refractivity contribution is 7.80. The summed E-state index contributed by atoms with van der Waals surface area (Å²) in [5, 5.41) is 0. The van der Waals surface area contributed by atoms with Gasteiger partial charge in [-0.05, 0) is 32.9 Å². The lowest BCUT2D eigenvalue weighted by Crippen LogP contribution is -2.20. The van der Waals surface area contributed by atoms with Gasteiger partial charge in [-0.15, -0.1) is 13.2 Å². The Balaban J connectivity index is 0. The first-order chi connectivity index (χ1) is 7.76. The molecule has 17 heavy (non-hydrogen) atoms. The lowest BCUT2D eigenvalue weighted by molar-refractivity contribution is 0.324. The number of hydrogen-bond acceptors (Lipinski definition) is 4. The van der Waals surface area contributed by atoms with Crippen molar-refractivity contribution in [3.8, 4) is 0 Å². The first-order valence-corrected chi connectivity index (χ1v) is 6.52. The number of allylic oxidation sites excluding steroid dienone is 2. The van der Waals surface area contributed by atoms with Crippen molar-refractivity contribution >= 4 is 10.4 Å². The van der Waals surface area contributed by atoms with Gasteiger partial charge in [-0.2, -0.15) is 8.42 Å². The average molecular weight is 265 g/mol. The molecule has 5 nitrogen and oxygen atoms in total. The third-order valence-electron chi connectivity index (χ3n) is 1.83. The SMILES string of the molecule is C=CCC(CC=C)CN(C)C.COS(=O)(=O)O. The molecule has 102 valence electrons. The molecule has 0 aliphatic heterocycles. The Hall–Kier alpha value is -0.690. The van der Waals surface area contributed by atoms with Crippen LogP contribution >= 0.6 is 0 Å². The Bertz CT molecular complexity index is 289. The van der Waals surface area contributed by atoms with E-state index in [1.54, 1.807) is 0 Å². The Kier molecular flexibility index (Phi) is 11.5. The zero-order chi connectivity index (χ0) is 13.9. The van der Waals surface area contributed by atoms with E-state index in [0.29, 0.717) is 5.92 Å². The molecule has 0 radical (unpaired) electrons. The van der Waals surface area contributed by atoms with Crippen LogP contribution in [0.1, 0.15) is 12.8 Å². The summed E-state index contributed by atoms with van der Waals surface area (Å²) in [6.07, 6.45) is 6.14. The second-order valence-electron chi connectivity index (χ2n) is 3.77. The summed E-state index contributed by atoms with van der Waals surface area (Å²) in [5.74, 6) is 0.694. The molecular weight excluding hydrogens is 242 g/mol. The molecular formula is C11H23NO4S. The van der Waals surface area contributed by atoms with Crippen LogP contribution in [-0.4, -0.2) is 45.6 Å². The predicted molar refractivity (Wildman–Crippen MR) is 70.2 cm³/mol. The van der Waals surface area contributed by atoms with Crippen LogP contribution in [0.2, 0.25) is 0 Å². The van der Waals surface area contributed by atoms with Gasteiger partial charge in [0.15, 0.2) is 0 Å². The second-order valence-corrected chi connectivity index (χ2v) is 4.96. The Labute approximate surface area is 105 Å². The zero-order valence-corrected chi connectivity index (χ0v) is 11.6. The molecule has 0 aliphatic carbocycles. The van der Waals surface area contributed by atoms with Crippen LogP contribution in [0.5, 0.6) is 0 Å². The smallest absolute Gasteiger partial charge is 0.309 e. The summed E-state index contributed by atoms with van der Waals surface area (Å²) in [5.41, 5.74) is 0. The van der Waals surface area contributed by atoms with Crippen LogP contribution in [0.4, 0.5) is 0 Å². The van der Waals surface area contributed by atoms with E-state index in [0.717, 1.165) is 26.5 Å². The van der Waals surface area contributed by atoms with E-state index in [4.69, 9.17) is 4.55 Å². The van der Waals surface area contributed by atoms with Crippen molar-refractivity contribution in [2.75, 3.05) is 27.7 Å².